The van der Waals surface area contributed by atoms with Crippen LogP contribution in [0, 0.1) is 0 Å². The van der Waals surface area contributed by atoms with Gasteiger partial charge in [0.2, 0.25) is 0 Å². The predicted octanol–water partition coefficient (Wildman–Crippen LogP) is 31.7. The van der Waals surface area contributed by atoms with Crippen molar-refractivity contribution in [3.8, 4) is 22.7 Å². The SMILES string of the molecule is Brc1ccc2c(c1)c1cc3c(cc1n2-c1ccccc1)sc1ccccc13.Brc1cccc2c1c1c3c(ccc1n2-c1ccccc1)sc1ccccc13.Brc1cccc2c1c1cc3c(cc1n2-c1ccccc1)sc1ccccc13.Brc1cccc2c1c1ccc3c4ccccc4sc3c1n2-c1ccccc1. The predicted molar refractivity (Wildman–Crippen MR) is 485 cm³/mol. The zero-order chi connectivity index (χ0) is 71.8. The first kappa shape index (κ1) is 65.8. The average Bonchev–Trinajstić information content (AvgIpc) is 1.60. The molecule has 0 fully saturated rings. The summed E-state index contributed by atoms with van der Waals surface area (Å²) in [6.07, 6.45) is 0. The maximum Gasteiger partial charge on any atom is 0.0720 e. The minimum atomic E-state index is 1.11. The summed E-state index contributed by atoms with van der Waals surface area (Å²) in [5.74, 6) is 0. The molecule has 16 aromatic carbocycles. The molecular weight excluding hydrogens is 1660 g/mol. The number of aromatic nitrogens is 4. The molecule has 0 unspecified atom stereocenters. The Hall–Kier alpha value is -10.5. The van der Waals surface area contributed by atoms with Gasteiger partial charge in [-0.05, 0) is 164 Å². The van der Waals surface area contributed by atoms with Crippen molar-refractivity contribution in [2.24, 2.45) is 0 Å². The van der Waals surface area contributed by atoms with Crippen molar-refractivity contribution in [1.29, 1.82) is 0 Å². The van der Waals surface area contributed by atoms with E-state index in [9.17, 15) is 0 Å². The van der Waals surface area contributed by atoms with Gasteiger partial charge in [-0.3, -0.25) is 0 Å². The summed E-state index contributed by atoms with van der Waals surface area (Å²) in [6, 6.07) is 122. The standard InChI is InChI=1S/4C24H14BrNS/c25-19-10-6-11-20-24(19)18-13-17-16-9-4-5-12-22(16)27-23(17)14-21(18)26(20)15-7-2-1-3-8-15;25-19-10-6-11-20-22(19)18-14-13-17-16-9-4-5-12-21(16)27-24(17)23(18)26(20)15-7-2-1-3-8-15;25-17-10-6-11-18-23(17)24-19(26(18)15-7-2-1-3-8-15)13-14-21-22(24)16-9-4-5-12-20(16)27-21;25-15-10-11-21-18(12-15)19-13-20-17-8-4-5-9-23(17)27-24(20)14-22(19)26(21)16-6-2-1-3-7-16/h4*1-14H. The molecule has 0 aliphatic heterocycles. The summed E-state index contributed by atoms with van der Waals surface area (Å²) in [5.41, 5.74) is 14.8. The van der Waals surface area contributed by atoms with Crippen molar-refractivity contribution in [1.82, 2.24) is 18.3 Å². The van der Waals surface area contributed by atoms with Crippen LogP contribution in [0.15, 0.2) is 358 Å². The van der Waals surface area contributed by atoms with Gasteiger partial charge in [-0.25, -0.2) is 0 Å². The Morgan fingerprint density at radius 1 is 0.185 bits per heavy atom. The van der Waals surface area contributed by atoms with Crippen LogP contribution < -0.4 is 0 Å². The molecule has 8 heterocycles. The molecule has 24 aromatic rings. The van der Waals surface area contributed by atoms with E-state index < -0.39 is 0 Å². The Labute approximate surface area is 668 Å². The monoisotopic (exact) mass is 1710 g/mol. The van der Waals surface area contributed by atoms with Crippen LogP contribution in [0.2, 0.25) is 0 Å². The Morgan fingerprint density at radius 2 is 0.565 bits per heavy atom. The van der Waals surface area contributed by atoms with Crippen LogP contribution in [0.5, 0.6) is 0 Å². The molecule has 0 saturated heterocycles. The topological polar surface area (TPSA) is 19.7 Å². The zero-order valence-corrected chi connectivity index (χ0v) is 66.9. The highest BCUT2D eigenvalue weighted by Gasteiger charge is 2.23. The van der Waals surface area contributed by atoms with Crippen molar-refractivity contribution in [2.75, 3.05) is 0 Å². The van der Waals surface area contributed by atoms with Gasteiger partial charge in [0.15, 0.2) is 0 Å². The van der Waals surface area contributed by atoms with Gasteiger partial charge in [0, 0.05) is 160 Å². The van der Waals surface area contributed by atoms with Gasteiger partial charge in [0.05, 0.1) is 48.8 Å². The summed E-state index contributed by atoms with van der Waals surface area (Å²) in [4.78, 5) is 0. The van der Waals surface area contributed by atoms with Crippen molar-refractivity contribution >= 4 is 277 Å². The second kappa shape index (κ2) is 26.7. The summed E-state index contributed by atoms with van der Waals surface area (Å²) < 4.78 is 24.8. The molecule has 4 nitrogen and oxygen atoms in total. The number of halogens is 4. The first-order chi connectivity index (χ1) is 53.3. The molecule has 0 atom stereocenters. The molecule has 0 radical (unpaired) electrons. The molecule has 0 saturated carbocycles. The summed E-state index contributed by atoms with van der Waals surface area (Å²) in [5, 5.41) is 21.0. The highest BCUT2D eigenvalue weighted by Crippen LogP contribution is 2.49. The van der Waals surface area contributed by atoms with Gasteiger partial charge >= 0.3 is 0 Å². The van der Waals surface area contributed by atoms with E-state index in [-0.39, 0.29) is 0 Å². The lowest BCUT2D eigenvalue weighted by molar-refractivity contribution is 1.18. The highest BCUT2D eigenvalue weighted by molar-refractivity contribution is 9.11. The number of para-hydroxylation sites is 4. The van der Waals surface area contributed by atoms with E-state index in [1.54, 1.807) is 0 Å². The van der Waals surface area contributed by atoms with Crippen LogP contribution >= 0.6 is 109 Å². The van der Waals surface area contributed by atoms with Crippen molar-refractivity contribution in [3.05, 3.63) is 358 Å². The van der Waals surface area contributed by atoms with Gasteiger partial charge in [-0.15, -0.1) is 45.3 Å². The lowest BCUT2D eigenvalue weighted by Gasteiger charge is -2.08. The first-order valence-electron chi connectivity index (χ1n) is 35.6. The largest absolute Gasteiger partial charge is 0.309 e. The average molecular weight is 1710 g/mol. The lowest BCUT2D eigenvalue weighted by Crippen LogP contribution is -1.93. The van der Waals surface area contributed by atoms with Crippen LogP contribution in [0.1, 0.15) is 0 Å². The third-order valence-electron chi connectivity index (χ3n) is 21.0. The number of fused-ring (bicyclic) bond motifs is 26. The van der Waals surface area contributed by atoms with E-state index in [2.05, 4.69) is 422 Å². The molecule has 0 spiro atoms. The minimum Gasteiger partial charge on any atom is -0.309 e. The van der Waals surface area contributed by atoms with E-state index in [0.29, 0.717) is 0 Å². The van der Waals surface area contributed by atoms with E-state index in [1.807, 2.05) is 45.3 Å². The Bertz CT molecular complexity index is 7730. The minimum absolute atomic E-state index is 1.11. The molecule has 108 heavy (non-hydrogen) atoms. The molecule has 512 valence electrons. The second-order valence-corrected chi connectivity index (χ2v) is 34.8. The van der Waals surface area contributed by atoms with Crippen LogP contribution in [0.25, 0.3) is 191 Å². The fraction of sp³-hybridized carbons (Fsp3) is 0. The molecule has 0 amide bonds. The zero-order valence-electron chi connectivity index (χ0n) is 57.3. The summed E-state index contributed by atoms with van der Waals surface area (Å²) >= 11 is 22.6. The quantitative estimate of drug-likeness (QED) is 0.167. The van der Waals surface area contributed by atoms with Gasteiger partial charge in [-0.1, -0.05) is 240 Å². The number of hydrogen-bond acceptors (Lipinski definition) is 4. The van der Waals surface area contributed by atoms with Crippen LogP contribution in [0.4, 0.5) is 0 Å². The lowest BCUT2D eigenvalue weighted by atomic mass is 10.1. The van der Waals surface area contributed by atoms with Gasteiger partial charge in [-0.2, -0.15) is 0 Å². The molecule has 0 aliphatic rings. The van der Waals surface area contributed by atoms with E-state index >= 15 is 0 Å². The van der Waals surface area contributed by atoms with Gasteiger partial charge in [0.1, 0.15) is 0 Å². The Kier molecular flexibility index (Phi) is 16.3. The highest BCUT2D eigenvalue weighted by atomic mass is 79.9. The van der Waals surface area contributed by atoms with E-state index in [0.717, 1.165) is 17.9 Å². The maximum absolute atomic E-state index is 3.83. The molecule has 24 rings (SSSR count). The van der Waals surface area contributed by atoms with Crippen LogP contribution in [-0.2, 0) is 0 Å². The van der Waals surface area contributed by atoms with Gasteiger partial charge < -0.3 is 18.3 Å². The first-order valence-corrected chi connectivity index (χ1v) is 42.1. The van der Waals surface area contributed by atoms with Crippen molar-refractivity contribution in [2.45, 2.75) is 0 Å². The fourth-order valence-electron chi connectivity index (χ4n) is 16.5. The van der Waals surface area contributed by atoms with Crippen molar-refractivity contribution < 1.29 is 0 Å². The summed E-state index contributed by atoms with van der Waals surface area (Å²) in [6.45, 7) is 0. The molecule has 12 heteroatoms. The number of rotatable bonds is 4. The third-order valence-corrected chi connectivity index (χ3v) is 28.1. The molecule has 8 aromatic heterocycles. The maximum atomic E-state index is 3.83. The third kappa shape index (κ3) is 10.7. The smallest absolute Gasteiger partial charge is 0.0720 e. The molecule has 0 N–H and O–H groups in total. The molecule has 0 bridgehead atoms. The van der Waals surface area contributed by atoms with Crippen LogP contribution in [0.3, 0.4) is 0 Å². The number of benzene rings is 16. The second-order valence-electron chi connectivity index (χ2n) is 27.0. The van der Waals surface area contributed by atoms with Crippen molar-refractivity contribution in [3.63, 3.8) is 0 Å². The van der Waals surface area contributed by atoms with Gasteiger partial charge in [0.25, 0.3) is 0 Å². The molecule has 0 aliphatic carbocycles. The van der Waals surface area contributed by atoms with Crippen LogP contribution in [-0.4, -0.2) is 18.3 Å². The number of hydrogen-bond donors (Lipinski definition) is 0. The normalized spacial score (nSPS) is 11.9. The Balaban J connectivity index is 0.0000000919. The summed E-state index contributed by atoms with van der Waals surface area (Å²) in [7, 11) is 0. The Morgan fingerprint density at radius 3 is 1.13 bits per heavy atom. The van der Waals surface area contributed by atoms with E-state index in [4.69, 9.17) is 0 Å². The van der Waals surface area contributed by atoms with E-state index in [1.165, 1.54) is 191 Å². The molecular formula is C96H56Br4N4S4. The fourth-order valence-corrected chi connectivity index (χ4v) is 23.1. The number of nitrogens with zero attached hydrogens (tertiary/aromatic N) is 4. The number of thiophene rings is 4.